The van der Waals surface area contributed by atoms with E-state index in [1.807, 2.05) is 170 Å². The summed E-state index contributed by atoms with van der Waals surface area (Å²) in [6.07, 6.45) is -9.15. The van der Waals surface area contributed by atoms with Crippen molar-refractivity contribution in [3.63, 3.8) is 0 Å². The quantitative estimate of drug-likeness (QED) is 0.0498. The number of phosphoric ester groups is 3. The van der Waals surface area contributed by atoms with E-state index in [0.717, 1.165) is 112 Å². The van der Waals surface area contributed by atoms with Crippen molar-refractivity contribution in [2.24, 2.45) is 0 Å². The first-order valence-corrected chi connectivity index (χ1v) is 47.2. The Hall–Kier alpha value is -16.3. The lowest BCUT2D eigenvalue weighted by atomic mass is 9.86. The molecule has 670 valence electrons. The van der Waals surface area contributed by atoms with E-state index < -0.39 is 56.8 Å². The molecule has 3 aliphatic heterocycles. The van der Waals surface area contributed by atoms with Crippen molar-refractivity contribution in [1.82, 2.24) is 0 Å². The smallest absolute Gasteiger partial charge is 0.394 e. The molecule has 27 heteroatoms. The second kappa shape index (κ2) is 34.3. The first kappa shape index (κ1) is 87.4. The number of nitro groups is 2. The summed E-state index contributed by atoms with van der Waals surface area (Å²) in [6.45, 7) is 0. The van der Waals surface area contributed by atoms with Crippen LogP contribution in [0, 0.1) is 20.2 Å². The maximum absolute atomic E-state index is 14.0. The minimum absolute atomic E-state index is 0.0862. The van der Waals surface area contributed by atoms with E-state index in [0.29, 0.717) is 88.7 Å². The summed E-state index contributed by atoms with van der Waals surface area (Å²) >= 11 is 0. The minimum atomic E-state index is -4.98. The van der Waals surface area contributed by atoms with Crippen LogP contribution in [0.4, 0.5) is 37.7 Å². The van der Waals surface area contributed by atoms with Gasteiger partial charge in [0.2, 0.25) is 0 Å². The summed E-state index contributed by atoms with van der Waals surface area (Å²) in [5.41, 5.74) is 11.7. The van der Waals surface area contributed by atoms with Crippen molar-refractivity contribution in [1.29, 1.82) is 0 Å². The molecule has 3 heterocycles. The average Bonchev–Trinajstić information content (AvgIpc) is 1.65. The third-order valence-electron chi connectivity index (χ3n) is 24.4. The van der Waals surface area contributed by atoms with Crippen LogP contribution in [-0.4, -0.2) is 24.5 Å². The van der Waals surface area contributed by atoms with Crippen LogP contribution < -0.4 is 27.1 Å². The van der Waals surface area contributed by atoms with Gasteiger partial charge in [-0.2, -0.15) is 26.3 Å². The lowest BCUT2D eigenvalue weighted by Gasteiger charge is -2.19. The Balaban J connectivity index is 0.000000123. The topological polar surface area (TPSA) is 254 Å². The molecule has 0 saturated heterocycles. The minimum Gasteiger partial charge on any atom is -0.394 e. The molecule has 0 radical (unpaired) electrons. The normalized spacial score (nSPS) is 13.6. The average molecular weight is 1880 g/mol. The lowest BCUT2D eigenvalue weighted by molar-refractivity contribution is -0.385. The fourth-order valence-corrected chi connectivity index (χ4v) is 20.8. The zero-order valence-corrected chi connectivity index (χ0v) is 73.8. The van der Waals surface area contributed by atoms with Crippen molar-refractivity contribution in [3.8, 4) is 157 Å². The SMILES string of the molecule is O=P1(O)Oc2c(-c3ccc(-c4ccccc4)cc3)cc3ccccc3c2-c2c(c(-c3ccc(-c4ccccc4)cc3)cc3ccccc23)O1.O=P1(O)Oc2c(-c3ccc(C(F)(F)F)cc3)cc3ccccc3c2-c2c(c(-c3ccc(C(F)(F)F)cc3)cc3ccccc23)O1.O=[N+]([O-])c1ccc(-c2cc3ccccc3c3c2OP(=O)(O)Oc2c(-c4ccc([N+](=O)[O-])cc4)cc4ccccc4c2-3)cc1. The number of phosphoric acid groups is 3. The van der Waals surface area contributed by atoms with Crippen LogP contribution in [0.3, 0.4) is 0 Å². The highest BCUT2D eigenvalue weighted by molar-refractivity contribution is 7.49. The number of nitrogens with zero attached hydrogens (tertiary/aromatic N) is 2. The first-order chi connectivity index (χ1) is 66.0. The molecule has 0 fully saturated rings. The summed E-state index contributed by atoms with van der Waals surface area (Å²) < 4.78 is 157. The van der Waals surface area contributed by atoms with E-state index in [2.05, 4.69) is 60.7 Å². The van der Waals surface area contributed by atoms with E-state index in [9.17, 15) is 74.9 Å². The van der Waals surface area contributed by atoms with Gasteiger partial charge in [0, 0.05) is 91.0 Å². The van der Waals surface area contributed by atoms with Crippen LogP contribution in [0.5, 0.6) is 34.5 Å². The van der Waals surface area contributed by atoms with Crippen molar-refractivity contribution >= 4 is 99.5 Å². The Morgan fingerprint density at radius 3 is 0.569 bits per heavy atom. The van der Waals surface area contributed by atoms with E-state index in [4.69, 9.17) is 27.1 Å². The monoisotopic (exact) mass is 1880 g/mol. The number of fused-ring (bicyclic) bond motifs is 21. The second-order valence-electron chi connectivity index (χ2n) is 32.7. The molecule has 20 aromatic rings. The van der Waals surface area contributed by atoms with Crippen molar-refractivity contribution in [2.75, 3.05) is 0 Å². The van der Waals surface area contributed by atoms with E-state index >= 15 is 0 Å². The molecular weight excluding hydrogens is 1810 g/mol. The summed E-state index contributed by atoms with van der Waals surface area (Å²) in [7, 11) is -14.5. The molecule has 0 bridgehead atoms. The Morgan fingerprint density at radius 1 is 0.219 bits per heavy atom. The molecule has 23 rings (SSSR count). The molecule has 0 unspecified atom stereocenters. The van der Waals surface area contributed by atoms with Gasteiger partial charge in [-0.3, -0.25) is 34.9 Å². The number of halogens is 6. The molecule has 3 N–H and O–H groups in total. The van der Waals surface area contributed by atoms with Crippen LogP contribution in [0.2, 0.25) is 0 Å². The summed E-state index contributed by atoms with van der Waals surface area (Å²) in [4.78, 5) is 55.2. The van der Waals surface area contributed by atoms with Gasteiger partial charge in [-0.1, -0.05) is 279 Å². The molecule has 20 aromatic carbocycles. The molecule has 0 amide bonds. The summed E-state index contributed by atoms with van der Waals surface area (Å²) in [5, 5.41) is 31.9. The van der Waals surface area contributed by atoms with Gasteiger partial charge in [0.05, 0.1) is 21.0 Å². The number of hydrogen-bond donors (Lipinski definition) is 3. The van der Waals surface area contributed by atoms with Gasteiger partial charge >= 0.3 is 35.8 Å². The highest BCUT2D eigenvalue weighted by Gasteiger charge is 2.43. The van der Waals surface area contributed by atoms with Crippen LogP contribution in [-0.2, 0) is 26.0 Å². The Kier molecular flexibility index (Phi) is 21.9. The summed E-state index contributed by atoms with van der Waals surface area (Å²) in [6, 6.07) is 113. The van der Waals surface area contributed by atoms with Crippen LogP contribution in [0.1, 0.15) is 11.1 Å². The zero-order valence-electron chi connectivity index (χ0n) is 71.1. The highest BCUT2D eigenvalue weighted by atomic mass is 31.2. The predicted molar refractivity (Wildman–Crippen MR) is 521 cm³/mol. The third kappa shape index (κ3) is 16.6. The fraction of sp³-hybridized carbons (Fsp3) is 0.0182. The van der Waals surface area contributed by atoms with Gasteiger partial charge in [0.15, 0.2) is 0 Å². The third-order valence-corrected chi connectivity index (χ3v) is 26.9. The number of benzene rings is 20. The van der Waals surface area contributed by atoms with Crippen LogP contribution in [0.15, 0.2) is 388 Å². The standard InChI is InChI=1S/C44H29O4P.C34H19F6O4P.C32H19N2O8P/c45-49(46)47-43-39(33-23-19-31(20-24-33)29-11-3-1-4-12-29)27-35-15-7-9-17-37(35)41(43)42-38-18-10-8-16-36(38)28-40(44(42)48-49)34-25-21-32(22-26-34)30-13-5-2-6-14-30;35-33(36,37)23-13-9-19(10-14-23)27-17-21-5-1-3-7-25(21)29-30-26-8-4-2-6-22(26)18-28(32(30)44-45(41,42)43-31(27)29)20-11-15-24(16-12-20)34(38,39)40;35-33(36)23-13-9-19(10-14-23)27-17-21-5-1-3-7-25(21)29-30-26-8-4-2-6-22(26)18-28(20-11-15-24(16-12-20)34(37)38)32(30)42-43(39,40)41-31(27)29/h1-28H,(H,45,46);1-18H,(H,41,42);1-18H,(H,39,40). The van der Waals surface area contributed by atoms with Gasteiger partial charge in [-0.15, -0.1) is 0 Å². The van der Waals surface area contributed by atoms with Crippen molar-refractivity contribution in [3.05, 3.63) is 420 Å². The van der Waals surface area contributed by atoms with E-state index in [1.165, 1.54) is 48.5 Å². The number of hydrogen-bond acceptors (Lipinski definition) is 13. The highest BCUT2D eigenvalue weighted by Crippen LogP contribution is 2.66. The molecule has 0 aromatic heterocycles. The fourth-order valence-electron chi connectivity index (χ4n) is 18.2. The van der Waals surface area contributed by atoms with E-state index in [-0.39, 0.29) is 56.6 Å². The predicted octanol–water partition coefficient (Wildman–Crippen LogP) is 31.8. The van der Waals surface area contributed by atoms with Crippen molar-refractivity contribution in [2.45, 2.75) is 12.4 Å². The number of nitro benzene ring substituents is 2. The number of alkyl halides is 6. The Morgan fingerprint density at radius 2 is 0.380 bits per heavy atom. The number of rotatable bonds is 10. The van der Waals surface area contributed by atoms with E-state index in [1.54, 1.807) is 84.9 Å². The number of non-ortho nitro benzene ring substituents is 2. The largest absolute Gasteiger partial charge is 0.584 e. The van der Waals surface area contributed by atoms with Gasteiger partial charge in [0.1, 0.15) is 34.5 Å². The molecule has 3 aliphatic rings. The van der Waals surface area contributed by atoms with Crippen LogP contribution >= 0.6 is 23.5 Å². The van der Waals surface area contributed by atoms with Gasteiger partial charge in [-0.25, -0.2) is 13.7 Å². The molecule has 137 heavy (non-hydrogen) atoms. The summed E-state index contributed by atoms with van der Waals surface area (Å²) in [5.74, 6) is 0.627. The molecule has 0 saturated carbocycles. The zero-order chi connectivity index (χ0) is 94.6. The second-order valence-corrected chi connectivity index (χ2v) is 36.6. The van der Waals surface area contributed by atoms with Crippen LogP contribution in [0.25, 0.3) is 187 Å². The first-order valence-electron chi connectivity index (χ1n) is 42.7. The van der Waals surface area contributed by atoms with Gasteiger partial charge < -0.3 is 27.1 Å². The molecule has 0 aliphatic carbocycles. The Bertz CT molecular complexity index is 8010. The van der Waals surface area contributed by atoms with Gasteiger partial charge in [-0.05, 0) is 205 Å². The molecule has 0 spiro atoms. The maximum Gasteiger partial charge on any atom is 0.584 e. The molecular formula is C110H67F6N2O16P3. The molecule has 18 nitrogen and oxygen atoms in total. The Labute approximate surface area is 775 Å². The lowest BCUT2D eigenvalue weighted by Crippen LogP contribution is -2.04. The maximum atomic E-state index is 14.0. The van der Waals surface area contributed by atoms with Gasteiger partial charge in [0.25, 0.3) is 11.4 Å². The molecule has 0 atom stereocenters. The van der Waals surface area contributed by atoms with Crippen molar-refractivity contribution < 1.29 is 91.7 Å².